The lowest BCUT2D eigenvalue weighted by Crippen LogP contribution is -2.34. The van der Waals surface area contributed by atoms with Crippen LogP contribution in [0.1, 0.15) is 23.2 Å². The second kappa shape index (κ2) is 4.95. The van der Waals surface area contributed by atoms with E-state index in [2.05, 4.69) is 6.07 Å². The molecule has 1 aliphatic heterocycles. The van der Waals surface area contributed by atoms with Crippen LogP contribution in [0.15, 0.2) is 18.2 Å². The molecule has 1 unspecified atom stereocenters. The van der Waals surface area contributed by atoms with Crippen molar-refractivity contribution >= 4 is 29.1 Å². The summed E-state index contributed by atoms with van der Waals surface area (Å²) in [5, 5.41) is 9.79. The minimum Gasteiger partial charge on any atom is -0.323 e. The monoisotopic (exact) mass is 268 g/mol. The fraction of sp³-hybridized carbons (Fsp3) is 0.333. The highest BCUT2D eigenvalue weighted by Gasteiger charge is 2.29. The van der Waals surface area contributed by atoms with E-state index in [0.717, 1.165) is 12.8 Å². The van der Waals surface area contributed by atoms with Gasteiger partial charge in [0.2, 0.25) is 0 Å². The number of hydrogen-bond donors (Lipinski definition) is 0. The minimum absolute atomic E-state index is 0.182. The van der Waals surface area contributed by atoms with Gasteiger partial charge in [0, 0.05) is 22.2 Å². The van der Waals surface area contributed by atoms with Gasteiger partial charge in [-0.1, -0.05) is 23.2 Å². The standard InChI is InChI=1S/C12H10Cl2N2O/c13-9-4-8(5-10(14)6-9)12(17)16-3-1-2-11(16)7-15/h4-6,11H,1-3H2. The van der Waals surface area contributed by atoms with Gasteiger partial charge in [0.25, 0.3) is 5.91 Å². The lowest BCUT2D eigenvalue weighted by Gasteiger charge is -2.19. The summed E-state index contributed by atoms with van der Waals surface area (Å²) in [5.74, 6) is -0.182. The summed E-state index contributed by atoms with van der Waals surface area (Å²) in [7, 11) is 0. The van der Waals surface area contributed by atoms with Crippen LogP contribution in [0.5, 0.6) is 0 Å². The Kier molecular flexibility index (Phi) is 3.56. The Balaban J connectivity index is 2.28. The molecule has 0 N–H and O–H groups in total. The van der Waals surface area contributed by atoms with Crippen LogP contribution in [0, 0.1) is 11.3 Å². The van der Waals surface area contributed by atoms with E-state index in [4.69, 9.17) is 28.5 Å². The van der Waals surface area contributed by atoms with Crippen molar-refractivity contribution in [3.8, 4) is 6.07 Å². The molecule has 88 valence electrons. The van der Waals surface area contributed by atoms with E-state index in [1.165, 1.54) is 0 Å². The molecule has 1 fully saturated rings. The van der Waals surface area contributed by atoms with Crippen LogP contribution in [0.3, 0.4) is 0 Å². The van der Waals surface area contributed by atoms with Crippen molar-refractivity contribution in [2.75, 3.05) is 6.54 Å². The van der Waals surface area contributed by atoms with E-state index in [9.17, 15) is 4.79 Å². The molecule has 0 aromatic heterocycles. The molecule has 17 heavy (non-hydrogen) atoms. The van der Waals surface area contributed by atoms with Crippen molar-refractivity contribution in [1.82, 2.24) is 4.90 Å². The Morgan fingerprint density at radius 3 is 2.59 bits per heavy atom. The third-order valence-electron chi connectivity index (χ3n) is 2.77. The second-order valence-electron chi connectivity index (χ2n) is 3.94. The van der Waals surface area contributed by atoms with Crippen LogP contribution in [0.25, 0.3) is 0 Å². The minimum atomic E-state index is -0.333. The van der Waals surface area contributed by atoms with Gasteiger partial charge in [-0.2, -0.15) is 5.26 Å². The summed E-state index contributed by atoms with van der Waals surface area (Å²) < 4.78 is 0. The molecule has 0 aliphatic carbocycles. The van der Waals surface area contributed by atoms with E-state index in [-0.39, 0.29) is 11.9 Å². The smallest absolute Gasteiger partial charge is 0.255 e. The SMILES string of the molecule is N#CC1CCCN1C(=O)c1cc(Cl)cc(Cl)c1. The predicted molar refractivity (Wildman–Crippen MR) is 66.1 cm³/mol. The number of carbonyl (C=O) groups excluding carboxylic acids is 1. The Labute approximate surface area is 110 Å². The first-order valence-corrected chi connectivity index (χ1v) is 6.04. The van der Waals surface area contributed by atoms with E-state index in [0.29, 0.717) is 22.2 Å². The molecular formula is C12H10Cl2N2O. The van der Waals surface area contributed by atoms with Crippen LogP contribution in [-0.2, 0) is 0 Å². The maximum absolute atomic E-state index is 12.2. The van der Waals surface area contributed by atoms with Gasteiger partial charge in [0.05, 0.1) is 6.07 Å². The van der Waals surface area contributed by atoms with Crippen molar-refractivity contribution in [1.29, 1.82) is 5.26 Å². The van der Waals surface area contributed by atoms with Crippen LogP contribution in [0.4, 0.5) is 0 Å². The van der Waals surface area contributed by atoms with Gasteiger partial charge in [-0.3, -0.25) is 4.79 Å². The molecule has 5 heteroatoms. The number of halogens is 2. The molecule has 1 heterocycles. The molecule has 1 aromatic rings. The molecule has 2 rings (SSSR count). The number of likely N-dealkylation sites (tertiary alicyclic amines) is 1. The highest BCUT2D eigenvalue weighted by molar-refractivity contribution is 6.35. The number of nitrogens with zero attached hydrogens (tertiary/aromatic N) is 2. The van der Waals surface area contributed by atoms with Gasteiger partial charge in [-0.15, -0.1) is 0 Å². The predicted octanol–water partition coefficient (Wildman–Crippen LogP) is 3.12. The summed E-state index contributed by atoms with van der Waals surface area (Å²) in [6.07, 6.45) is 1.59. The first-order chi connectivity index (χ1) is 8.11. The third kappa shape index (κ3) is 2.54. The van der Waals surface area contributed by atoms with Gasteiger partial charge >= 0.3 is 0 Å². The molecule has 0 radical (unpaired) electrons. The normalized spacial score (nSPS) is 19.1. The van der Waals surface area contributed by atoms with E-state index in [1.807, 2.05) is 0 Å². The zero-order valence-corrected chi connectivity index (χ0v) is 10.5. The second-order valence-corrected chi connectivity index (χ2v) is 4.82. The average Bonchev–Trinajstić information content (AvgIpc) is 2.74. The van der Waals surface area contributed by atoms with Crippen LogP contribution < -0.4 is 0 Å². The number of amides is 1. The first kappa shape index (κ1) is 12.2. The number of nitriles is 1. The van der Waals surface area contributed by atoms with Gasteiger partial charge in [-0.05, 0) is 31.0 Å². The number of benzene rings is 1. The lowest BCUT2D eigenvalue weighted by atomic mass is 10.2. The molecule has 1 saturated heterocycles. The van der Waals surface area contributed by atoms with Gasteiger partial charge in [0.15, 0.2) is 0 Å². The Morgan fingerprint density at radius 2 is 2.00 bits per heavy atom. The van der Waals surface area contributed by atoms with Gasteiger partial charge in [0.1, 0.15) is 6.04 Å². The molecule has 1 aliphatic rings. The maximum atomic E-state index is 12.2. The molecule has 1 amide bonds. The van der Waals surface area contributed by atoms with E-state index >= 15 is 0 Å². The van der Waals surface area contributed by atoms with Gasteiger partial charge < -0.3 is 4.90 Å². The lowest BCUT2D eigenvalue weighted by molar-refractivity contribution is 0.0765. The van der Waals surface area contributed by atoms with E-state index in [1.54, 1.807) is 23.1 Å². The maximum Gasteiger partial charge on any atom is 0.255 e. The largest absolute Gasteiger partial charge is 0.323 e. The number of hydrogen-bond acceptors (Lipinski definition) is 2. The molecule has 1 atom stereocenters. The molecule has 0 saturated carbocycles. The van der Waals surface area contributed by atoms with Gasteiger partial charge in [-0.25, -0.2) is 0 Å². The van der Waals surface area contributed by atoms with Crippen LogP contribution in [0.2, 0.25) is 10.0 Å². The number of rotatable bonds is 1. The molecule has 0 spiro atoms. The van der Waals surface area contributed by atoms with Crippen LogP contribution >= 0.6 is 23.2 Å². The van der Waals surface area contributed by atoms with Crippen molar-refractivity contribution in [3.63, 3.8) is 0 Å². The Morgan fingerprint density at radius 1 is 1.35 bits per heavy atom. The molecule has 1 aromatic carbocycles. The topological polar surface area (TPSA) is 44.1 Å². The number of carbonyl (C=O) groups is 1. The van der Waals surface area contributed by atoms with E-state index < -0.39 is 0 Å². The van der Waals surface area contributed by atoms with Crippen molar-refractivity contribution in [2.24, 2.45) is 0 Å². The third-order valence-corrected chi connectivity index (χ3v) is 3.21. The fourth-order valence-electron chi connectivity index (χ4n) is 1.99. The zero-order chi connectivity index (χ0) is 12.4. The summed E-state index contributed by atoms with van der Waals surface area (Å²) in [6, 6.07) is 6.52. The Bertz CT molecular complexity index is 476. The highest BCUT2D eigenvalue weighted by atomic mass is 35.5. The van der Waals surface area contributed by atoms with Crippen LogP contribution in [-0.4, -0.2) is 23.4 Å². The molecular weight excluding hydrogens is 259 g/mol. The quantitative estimate of drug-likeness (QED) is 0.786. The Hall–Kier alpha value is -1.24. The average molecular weight is 269 g/mol. The molecule has 3 nitrogen and oxygen atoms in total. The summed E-state index contributed by atoms with van der Waals surface area (Å²) in [5.41, 5.74) is 0.435. The van der Waals surface area contributed by atoms with Crippen molar-refractivity contribution in [3.05, 3.63) is 33.8 Å². The summed E-state index contributed by atoms with van der Waals surface area (Å²) in [6.45, 7) is 0.612. The summed E-state index contributed by atoms with van der Waals surface area (Å²) in [4.78, 5) is 13.7. The zero-order valence-electron chi connectivity index (χ0n) is 8.99. The molecule has 0 bridgehead atoms. The highest BCUT2D eigenvalue weighted by Crippen LogP contribution is 2.23. The van der Waals surface area contributed by atoms with Crippen molar-refractivity contribution in [2.45, 2.75) is 18.9 Å². The fourth-order valence-corrected chi connectivity index (χ4v) is 2.51. The first-order valence-electron chi connectivity index (χ1n) is 5.28. The van der Waals surface area contributed by atoms with Crippen molar-refractivity contribution < 1.29 is 4.79 Å². The summed E-state index contributed by atoms with van der Waals surface area (Å²) >= 11 is 11.7.